The van der Waals surface area contributed by atoms with Gasteiger partial charge in [0.05, 0.1) is 17.3 Å². The number of nitrogen functional groups attached to an aromatic ring is 1. The maximum Gasteiger partial charge on any atom is 0.417 e. The Kier molecular flexibility index (Phi) is 2.82. The molecule has 0 aliphatic heterocycles. The lowest BCUT2D eigenvalue weighted by atomic mass is 9.99. The molecule has 0 bridgehead atoms. The van der Waals surface area contributed by atoms with Crippen LogP contribution in [0.1, 0.15) is 5.56 Å². The Morgan fingerprint density at radius 3 is 2.35 bits per heavy atom. The highest BCUT2D eigenvalue weighted by atomic mass is 32.1. The number of alkyl halides is 3. The molecular weight excluding hydrogens is 289 g/mol. The highest BCUT2D eigenvalue weighted by Crippen LogP contribution is 2.39. The van der Waals surface area contributed by atoms with Gasteiger partial charge in [-0.05, 0) is 29.8 Å². The molecule has 20 heavy (non-hydrogen) atoms. The minimum absolute atomic E-state index is 0.0187. The van der Waals surface area contributed by atoms with Crippen LogP contribution in [-0.4, -0.2) is 13.7 Å². The molecule has 0 aliphatic carbocycles. The molecule has 0 aliphatic rings. The maximum atomic E-state index is 13.2. The van der Waals surface area contributed by atoms with Gasteiger partial charge in [-0.25, -0.2) is 4.98 Å². The molecule has 0 radical (unpaired) electrons. The number of halogens is 3. The highest BCUT2D eigenvalue weighted by Gasteiger charge is 2.34. The summed E-state index contributed by atoms with van der Waals surface area (Å²) in [6.07, 6.45) is -3.17. The van der Waals surface area contributed by atoms with E-state index in [4.69, 9.17) is 5.73 Å². The molecule has 2 aromatic heterocycles. The average Bonchev–Trinajstić information content (AvgIpc) is 2.84. The number of anilines is 1. The van der Waals surface area contributed by atoms with Gasteiger partial charge in [0.1, 0.15) is 16.9 Å². The molecule has 2 N–H and O–H groups in total. The number of nitrogens with zero attached hydrogens (tertiary/aromatic N) is 3. The summed E-state index contributed by atoms with van der Waals surface area (Å²) in [4.78, 5) is 3.82. The first-order valence-corrected chi connectivity index (χ1v) is 6.23. The third-order valence-electron chi connectivity index (χ3n) is 2.80. The molecule has 0 fully saturated rings. The third-order valence-corrected chi connectivity index (χ3v) is 3.35. The summed E-state index contributed by atoms with van der Waals surface area (Å²) in [5.41, 5.74) is 5.70. The van der Waals surface area contributed by atoms with Crippen LogP contribution in [-0.2, 0) is 6.18 Å². The number of benzene rings is 1. The summed E-state index contributed by atoms with van der Waals surface area (Å²) < 4.78 is 47.3. The van der Waals surface area contributed by atoms with Crippen molar-refractivity contribution in [3.05, 3.63) is 36.0 Å². The third kappa shape index (κ3) is 2.18. The molecule has 8 heteroatoms. The van der Waals surface area contributed by atoms with E-state index in [0.717, 1.165) is 17.8 Å². The van der Waals surface area contributed by atoms with Crippen LogP contribution in [0.4, 0.5) is 19.0 Å². The van der Waals surface area contributed by atoms with Crippen molar-refractivity contribution < 1.29 is 13.2 Å². The van der Waals surface area contributed by atoms with E-state index in [2.05, 4.69) is 13.7 Å². The first-order valence-electron chi connectivity index (χ1n) is 5.50. The summed E-state index contributed by atoms with van der Waals surface area (Å²) in [5.74, 6) is 0.249. The van der Waals surface area contributed by atoms with Gasteiger partial charge < -0.3 is 5.73 Å². The molecule has 3 aromatic rings. The van der Waals surface area contributed by atoms with Gasteiger partial charge in [-0.2, -0.15) is 21.9 Å². The largest absolute Gasteiger partial charge is 0.417 e. The fourth-order valence-corrected chi connectivity index (χ4v) is 2.38. The van der Waals surface area contributed by atoms with E-state index in [1.54, 1.807) is 0 Å². The topological polar surface area (TPSA) is 64.7 Å². The second-order valence-electron chi connectivity index (χ2n) is 4.12. The van der Waals surface area contributed by atoms with E-state index in [1.165, 1.54) is 24.4 Å². The quantitative estimate of drug-likeness (QED) is 0.748. The lowest BCUT2D eigenvalue weighted by Crippen LogP contribution is -2.07. The molecule has 0 spiro atoms. The van der Waals surface area contributed by atoms with Gasteiger partial charge in [0.2, 0.25) is 0 Å². The van der Waals surface area contributed by atoms with Gasteiger partial charge in [-0.1, -0.05) is 0 Å². The first kappa shape index (κ1) is 12.8. The first-order chi connectivity index (χ1) is 9.45. The van der Waals surface area contributed by atoms with Crippen molar-refractivity contribution in [1.82, 2.24) is 13.7 Å². The van der Waals surface area contributed by atoms with Crippen LogP contribution in [0.15, 0.2) is 30.5 Å². The maximum absolute atomic E-state index is 13.2. The van der Waals surface area contributed by atoms with Crippen LogP contribution in [0.25, 0.3) is 22.2 Å². The van der Waals surface area contributed by atoms with Crippen LogP contribution in [0, 0.1) is 0 Å². The van der Waals surface area contributed by atoms with Gasteiger partial charge in [0.25, 0.3) is 0 Å². The lowest BCUT2D eigenvalue weighted by molar-refractivity contribution is -0.137. The van der Waals surface area contributed by atoms with Gasteiger partial charge in [-0.15, -0.1) is 0 Å². The van der Waals surface area contributed by atoms with Crippen molar-refractivity contribution in [3.63, 3.8) is 0 Å². The second kappa shape index (κ2) is 4.41. The van der Waals surface area contributed by atoms with Gasteiger partial charge in [-0.3, -0.25) is 0 Å². The summed E-state index contributed by atoms with van der Waals surface area (Å²) in [7, 11) is 0. The molecule has 1 aromatic carbocycles. The van der Waals surface area contributed by atoms with E-state index in [9.17, 15) is 13.2 Å². The monoisotopic (exact) mass is 296 g/mol. The van der Waals surface area contributed by atoms with Crippen molar-refractivity contribution in [1.29, 1.82) is 0 Å². The Morgan fingerprint density at radius 2 is 1.75 bits per heavy atom. The molecule has 0 saturated heterocycles. The van der Waals surface area contributed by atoms with Crippen LogP contribution in [0.2, 0.25) is 0 Å². The van der Waals surface area contributed by atoms with Gasteiger partial charge in [0.15, 0.2) is 0 Å². The molecule has 102 valence electrons. The van der Waals surface area contributed by atoms with E-state index < -0.39 is 11.7 Å². The van der Waals surface area contributed by atoms with E-state index in [-0.39, 0.29) is 16.9 Å². The predicted molar refractivity (Wildman–Crippen MR) is 70.1 cm³/mol. The predicted octanol–water partition coefficient (Wildman–Crippen LogP) is 3.35. The van der Waals surface area contributed by atoms with Crippen molar-refractivity contribution >= 4 is 28.6 Å². The van der Waals surface area contributed by atoms with Crippen LogP contribution in [0.5, 0.6) is 0 Å². The fourth-order valence-electron chi connectivity index (χ4n) is 1.87. The summed E-state index contributed by atoms with van der Waals surface area (Å²) in [5, 5.41) is 0. The van der Waals surface area contributed by atoms with Crippen LogP contribution in [0.3, 0.4) is 0 Å². The average molecular weight is 296 g/mol. The summed E-state index contributed by atoms with van der Waals surface area (Å²) in [6, 6.07) is 5.33. The van der Waals surface area contributed by atoms with Crippen molar-refractivity contribution in [2.24, 2.45) is 0 Å². The molecule has 0 saturated carbocycles. The zero-order chi connectivity index (χ0) is 14.3. The Bertz CT molecular complexity index is 764. The molecular formula is C12H7F3N4S. The summed E-state index contributed by atoms with van der Waals surface area (Å²) >= 11 is 0.876. The minimum atomic E-state index is -4.48. The Morgan fingerprint density at radius 1 is 1.05 bits per heavy atom. The molecule has 2 heterocycles. The minimum Gasteiger partial charge on any atom is -0.384 e. The standard InChI is InChI=1S/C12H7F3N4S/c13-12(14,15)8-4-10-9(18-20-19-10)3-7(8)6-1-2-11(16)17-5-6/h1-5H,(H2,16,17). The number of hydrogen-bond acceptors (Lipinski definition) is 5. The SMILES string of the molecule is Nc1ccc(-c2cc3nsnc3cc2C(F)(F)F)cn1. The number of pyridine rings is 1. The zero-order valence-electron chi connectivity index (χ0n) is 9.85. The molecule has 4 nitrogen and oxygen atoms in total. The smallest absolute Gasteiger partial charge is 0.384 e. The van der Waals surface area contributed by atoms with Gasteiger partial charge >= 0.3 is 6.18 Å². The van der Waals surface area contributed by atoms with Crippen molar-refractivity contribution in [2.45, 2.75) is 6.18 Å². The van der Waals surface area contributed by atoms with E-state index >= 15 is 0 Å². The second-order valence-corrected chi connectivity index (χ2v) is 4.65. The Balaban J connectivity index is 2.28. The van der Waals surface area contributed by atoms with Crippen molar-refractivity contribution in [3.8, 4) is 11.1 Å². The van der Waals surface area contributed by atoms with Crippen molar-refractivity contribution in [2.75, 3.05) is 5.73 Å². The van der Waals surface area contributed by atoms with Crippen LogP contribution < -0.4 is 5.73 Å². The Hall–Kier alpha value is -2.22. The normalized spacial score (nSPS) is 11.9. The van der Waals surface area contributed by atoms with E-state index in [1.807, 2.05) is 0 Å². The number of aromatic nitrogens is 3. The number of fused-ring (bicyclic) bond motifs is 1. The molecule has 3 rings (SSSR count). The van der Waals surface area contributed by atoms with Gasteiger partial charge in [0, 0.05) is 11.8 Å². The fraction of sp³-hybridized carbons (Fsp3) is 0.0833. The molecule has 0 amide bonds. The highest BCUT2D eigenvalue weighted by molar-refractivity contribution is 7.00. The molecule has 0 atom stereocenters. The van der Waals surface area contributed by atoms with E-state index in [0.29, 0.717) is 11.1 Å². The zero-order valence-corrected chi connectivity index (χ0v) is 10.7. The summed E-state index contributed by atoms with van der Waals surface area (Å²) in [6.45, 7) is 0. The Labute approximate surface area is 115 Å². The number of rotatable bonds is 1. The van der Waals surface area contributed by atoms with Crippen LogP contribution >= 0.6 is 11.7 Å². The lowest BCUT2D eigenvalue weighted by Gasteiger charge is -2.12. The molecule has 0 unspecified atom stereocenters. The number of nitrogens with two attached hydrogens (primary N) is 1. The number of hydrogen-bond donors (Lipinski definition) is 1.